The molecule has 15 heavy (non-hydrogen) atoms. The van der Waals surface area contributed by atoms with Gasteiger partial charge in [-0.25, -0.2) is 4.39 Å². The maximum Gasteiger partial charge on any atom is 0.126 e. The molecular formula is C11H14ClFN2. The number of hydrogen-bond donors (Lipinski definition) is 1. The Morgan fingerprint density at radius 1 is 1.47 bits per heavy atom. The van der Waals surface area contributed by atoms with Crippen molar-refractivity contribution in [3.8, 4) is 0 Å². The van der Waals surface area contributed by atoms with E-state index in [1.165, 1.54) is 12.1 Å². The summed E-state index contributed by atoms with van der Waals surface area (Å²) in [6.07, 6.45) is 1.09. The lowest BCUT2D eigenvalue weighted by Gasteiger charge is -2.14. The zero-order valence-electron chi connectivity index (χ0n) is 8.63. The van der Waals surface area contributed by atoms with Gasteiger partial charge in [-0.05, 0) is 38.2 Å². The van der Waals surface area contributed by atoms with Crippen molar-refractivity contribution in [2.24, 2.45) is 0 Å². The summed E-state index contributed by atoms with van der Waals surface area (Å²) in [5, 5.41) is 3.72. The molecule has 1 aliphatic heterocycles. The molecule has 1 fully saturated rings. The third-order valence-electron chi connectivity index (χ3n) is 2.62. The van der Waals surface area contributed by atoms with Gasteiger partial charge in [-0.2, -0.15) is 0 Å². The highest BCUT2D eigenvalue weighted by Gasteiger charge is 2.19. The van der Waals surface area contributed by atoms with Crippen LogP contribution in [-0.4, -0.2) is 31.1 Å². The fraction of sp³-hybridized carbons (Fsp3) is 0.455. The summed E-state index contributed by atoms with van der Waals surface area (Å²) in [5.41, 5.74) is 0.764. The van der Waals surface area contributed by atoms with E-state index in [-0.39, 0.29) is 5.82 Å². The molecule has 1 aliphatic rings. The summed E-state index contributed by atoms with van der Waals surface area (Å²) in [6, 6.07) is 4.94. The Morgan fingerprint density at radius 2 is 2.27 bits per heavy atom. The number of nitrogens with zero attached hydrogens (tertiary/aromatic N) is 1. The van der Waals surface area contributed by atoms with E-state index in [0.29, 0.717) is 11.1 Å². The van der Waals surface area contributed by atoms with Crippen LogP contribution in [-0.2, 0) is 0 Å². The number of hydrogen-bond acceptors (Lipinski definition) is 2. The molecule has 2 nitrogen and oxygen atoms in total. The van der Waals surface area contributed by atoms with Gasteiger partial charge >= 0.3 is 0 Å². The molecule has 1 heterocycles. The first-order chi connectivity index (χ1) is 7.13. The lowest BCUT2D eigenvalue weighted by Crippen LogP contribution is -2.23. The van der Waals surface area contributed by atoms with Crippen LogP contribution in [0.5, 0.6) is 0 Å². The van der Waals surface area contributed by atoms with E-state index in [2.05, 4.69) is 17.3 Å². The van der Waals surface area contributed by atoms with Crippen LogP contribution in [0.25, 0.3) is 0 Å². The SMILES string of the molecule is CN1CCC(Nc2cc(F)cc(Cl)c2)C1. The maximum atomic E-state index is 13.0. The molecule has 82 valence electrons. The van der Waals surface area contributed by atoms with Crippen LogP contribution in [0.2, 0.25) is 5.02 Å². The minimum atomic E-state index is -0.295. The smallest absolute Gasteiger partial charge is 0.126 e. The minimum Gasteiger partial charge on any atom is -0.381 e. The van der Waals surface area contributed by atoms with Crippen LogP contribution in [0.15, 0.2) is 18.2 Å². The lowest BCUT2D eigenvalue weighted by molar-refractivity contribution is 0.414. The number of halogens is 2. The Kier molecular flexibility index (Phi) is 3.12. The standard InChI is InChI=1S/C11H14ClFN2/c1-15-3-2-10(7-15)14-11-5-8(12)4-9(13)6-11/h4-6,10,14H,2-3,7H2,1H3. The third kappa shape index (κ3) is 2.83. The van der Waals surface area contributed by atoms with Crippen LogP contribution >= 0.6 is 11.6 Å². The molecule has 1 atom stereocenters. The molecule has 0 amide bonds. The van der Waals surface area contributed by atoms with Crippen LogP contribution in [0.4, 0.5) is 10.1 Å². The average molecular weight is 229 g/mol. The first kappa shape index (κ1) is 10.7. The van der Waals surface area contributed by atoms with E-state index in [4.69, 9.17) is 11.6 Å². The van der Waals surface area contributed by atoms with Crippen LogP contribution < -0.4 is 5.32 Å². The molecule has 2 rings (SSSR count). The fourth-order valence-corrected chi connectivity index (χ4v) is 2.15. The average Bonchev–Trinajstić information content (AvgIpc) is 2.49. The van der Waals surface area contributed by atoms with Crippen molar-refractivity contribution >= 4 is 17.3 Å². The van der Waals surface area contributed by atoms with Gasteiger partial charge in [-0.3, -0.25) is 0 Å². The zero-order valence-corrected chi connectivity index (χ0v) is 9.39. The van der Waals surface area contributed by atoms with Crippen molar-refractivity contribution in [1.29, 1.82) is 0 Å². The topological polar surface area (TPSA) is 15.3 Å². The monoisotopic (exact) mass is 228 g/mol. The van der Waals surface area contributed by atoms with Crippen molar-refractivity contribution in [2.75, 3.05) is 25.5 Å². The summed E-state index contributed by atoms with van der Waals surface area (Å²) in [7, 11) is 2.08. The quantitative estimate of drug-likeness (QED) is 0.837. The predicted octanol–water partition coefficient (Wildman–Crippen LogP) is 2.60. The summed E-state index contributed by atoms with van der Waals surface area (Å²) in [4.78, 5) is 2.25. The van der Waals surface area contributed by atoms with E-state index >= 15 is 0 Å². The molecule has 0 aromatic heterocycles. The summed E-state index contributed by atoms with van der Waals surface area (Å²) < 4.78 is 13.0. The molecule has 0 radical (unpaired) electrons. The number of rotatable bonds is 2. The lowest BCUT2D eigenvalue weighted by atomic mass is 10.2. The molecule has 0 bridgehead atoms. The molecule has 0 saturated carbocycles. The Balaban J connectivity index is 2.04. The van der Waals surface area contributed by atoms with Crippen LogP contribution in [0, 0.1) is 5.82 Å². The summed E-state index contributed by atoms with van der Waals surface area (Å²) in [6.45, 7) is 2.08. The predicted molar refractivity (Wildman–Crippen MR) is 60.9 cm³/mol. The van der Waals surface area contributed by atoms with Gasteiger partial charge in [0.25, 0.3) is 0 Å². The highest BCUT2D eigenvalue weighted by molar-refractivity contribution is 6.30. The molecule has 0 spiro atoms. The van der Waals surface area contributed by atoms with Crippen LogP contribution in [0.3, 0.4) is 0 Å². The van der Waals surface area contributed by atoms with Gasteiger partial charge in [0.05, 0.1) is 0 Å². The van der Waals surface area contributed by atoms with Crippen molar-refractivity contribution in [3.63, 3.8) is 0 Å². The third-order valence-corrected chi connectivity index (χ3v) is 2.84. The van der Waals surface area contributed by atoms with E-state index in [1.807, 2.05) is 0 Å². The number of likely N-dealkylation sites (tertiary alicyclic amines) is 1. The summed E-state index contributed by atoms with van der Waals surface area (Å²) in [5.74, 6) is -0.295. The van der Waals surface area contributed by atoms with E-state index in [9.17, 15) is 4.39 Å². The number of nitrogens with one attached hydrogen (secondary N) is 1. The Bertz CT molecular complexity index is 336. The molecule has 1 unspecified atom stereocenters. The van der Waals surface area contributed by atoms with Gasteiger partial charge in [-0.15, -0.1) is 0 Å². The maximum absolute atomic E-state index is 13.0. The van der Waals surface area contributed by atoms with Crippen molar-refractivity contribution in [1.82, 2.24) is 4.90 Å². The van der Waals surface area contributed by atoms with Crippen molar-refractivity contribution < 1.29 is 4.39 Å². The normalized spacial score (nSPS) is 21.9. The number of anilines is 1. The van der Waals surface area contributed by atoms with E-state index < -0.39 is 0 Å². The highest BCUT2D eigenvalue weighted by atomic mass is 35.5. The van der Waals surface area contributed by atoms with Gasteiger partial charge < -0.3 is 10.2 Å². The zero-order chi connectivity index (χ0) is 10.8. The van der Waals surface area contributed by atoms with Crippen molar-refractivity contribution in [2.45, 2.75) is 12.5 Å². The highest BCUT2D eigenvalue weighted by Crippen LogP contribution is 2.20. The Morgan fingerprint density at radius 3 is 2.87 bits per heavy atom. The van der Waals surface area contributed by atoms with Gasteiger partial charge in [0.2, 0.25) is 0 Å². The minimum absolute atomic E-state index is 0.295. The first-order valence-corrected chi connectivity index (χ1v) is 5.42. The first-order valence-electron chi connectivity index (χ1n) is 5.04. The molecule has 1 aromatic carbocycles. The fourth-order valence-electron chi connectivity index (χ4n) is 1.93. The second-order valence-corrected chi connectivity index (χ2v) is 4.49. The van der Waals surface area contributed by atoms with Gasteiger partial charge in [0, 0.05) is 23.3 Å². The molecular weight excluding hydrogens is 215 g/mol. The number of benzene rings is 1. The van der Waals surface area contributed by atoms with Gasteiger partial charge in [0.1, 0.15) is 5.82 Å². The molecule has 1 N–H and O–H groups in total. The molecule has 1 saturated heterocycles. The second kappa shape index (κ2) is 4.37. The Hall–Kier alpha value is -0.800. The van der Waals surface area contributed by atoms with Crippen molar-refractivity contribution in [3.05, 3.63) is 29.0 Å². The van der Waals surface area contributed by atoms with E-state index in [1.54, 1.807) is 6.07 Å². The van der Waals surface area contributed by atoms with E-state index in [0.717, 1.165) is 25.2 Å². The molecule has 0 aliphatic carbocycles. The molecule has 1 aromatic rings. The second-order valence-electron chi connectivity index (χ2n) is 4.05. The largest absolute Gasteiger partial charge is 0.381 e. The van der Waals surface area contributed by atoms with Gasteiger partial charge in [0.15, 0.2) is 0 Å². The van der Waals surface area contributed by atoms with Gasteiger partial charge in [-0.1, -0.05) is 11.6 Å². The molecule has 4 heteroatoms. The van der Waals surface area contributed by atoms with Crippen LogP contribution in [0.1, 0.15) is 6.42 Å². The summed E-state index contributed by atoms with van der Waals surface area (Å²) >= 11 is 5.77. The Labute approximate surface area is 94.0 Å². The number of likely N-dealkylation sites (N-methyl/N-ethyl adjacent to an activating group) is 1.